The summed E-state index contributed by atoms with van der Waals surface area (Å²) in [5.41, 5.74) is 0.304. The standard InChI is InChI=1S/C27H39N3O6/c1-19-18-34-13-4-3-8-27(26(33)29-20(2)25(32)28-19)9-11-30(12-10-27)24(31)17-21-6-7-22-23(16-21)36-15-5-14-35-22/h6-7,16,19-20H,3-5,8-15,17-18H2,1-2H3,(H,28,32)(H,29,33)/t19-,20-/m0/s1. The minimum atomic E-state index is -0.628. The molecule has 2 saturated heterocycles. The SMILES string of the molecule is C[C@@H]1NC(=O)C2(CCCCOC[C@H](C)NC1=O)CCN(C(=O)Cc1ccc3c(c1)OCCCO3)CC2. The first kappa shape index (κ1) is 26.3. The van der Waals surface area contributed by atoms with Crippen LogP contribution >= 0.6 is 0 Å². The number of piperidine rings is 1. The van der Waals surface area contributed by atoms with Gasteiger partial charge < -0.3 is 29.7 Å². The fourth-order valence-electron chi connectivity index (χ4n) is 5.13. The number of carbonyl (C=O) groups is 3. The van der Waals surface area contributed by atoms with Crippen molar-refractivity contribution in [2.45, 2.75) is 70.9 Å². The Labute approximate surface area is 213 Å². The van der Waals surface area contributed by atoms with Gasteiger partial charge in [0.1, 0.15) is 6.04 Å². The smallest absolute Gasteiger partial charge is 0.242 e. The molecule has 1 aromatic carbocycles. The summed E-state index contributed by atoms with van der Waals surface area (Å²) in [4.78, 5) is 40.9. The highest BCUT2D eigenvalue weighted by Crippen LogP contribution is 2.38. The molecule has 0 aliphatic carbocycles. The van der Waals surface area contributed by atoms with Gasteiger partial charge in [0, 0.05) is 32.2 Å². The molecule has 9 nitrogen and oxygen atoms in total. The van der Waals surface area contributed by atoms with Crippen LogP contribution in [0.2, 0.25) is 0 Å². The predicted molar refractivity (Wildman–Crippen MR) is 134 cm³/mol. The van der Waals surface area contributed by atoms with E-state index in [2.05, 4.69) is 10.6 Å². The zero-order chi connectivity index (χ0) is 25.5. The second-order valence-corrected chi connectivity index (χ2v) is 10.3. The predicted octanol–water partition coefficient (Wildman–Crippen LogP) is 2.21. The molecule has 0 aromatic heterocycles. The summed E-state index contributed by atoms with van der Waals surface area (Å²) in [6.07, 6.45) is 4.72. The van der Waals surface area contributed by atoms with Gasteiger partial charge in [0.05, 0.1) is 31.7 Å². The normalized spacial score (nSPS) is 25.4. The van der Waals surface area contributed by atoms with Crippen molar-refractivity contribution in [2.24, 2.45) is 5.41 Å². The van der Waals surface area contributed by atoms with Gasteiger partial charge in [0.15, 0.2) is 11.5 Å². The lowest BCUT2D eigenvalue weighted by Gasteiger charge is -2.41. The highest BCUT2D eigenvalue weighted by Gasteiger charge is 2.42. The summed E-state index contributed by atoms with van der Waals surface area (Å²) in [5, 5.41) is 5.84. The van der Waals surface area contributed by atoms with Crippen LogP contribution in [0, 0.1) is 5.41 Å². The highest BCUT2D eigenvalue weighted by molar-refractivity contribution is 5.90. The molecule has 9 heteroatoms. The van der Waals surface area contributed by atoms with Crippen molar-refractivity contribution < 1.29 is 28.6 Å². The lowest BCUT2D eigenvalue weighted by Crippen LogP contribution is -2.55. The summed E-state index contributed by atoms with van der Waals surface area (Å²) in [7, 11) is 0. The number of nitrogens with zero attached hydrogens (tertiary/aromatic N) is 1. The van der Waals surface area contributed by atoms with Crippen LogP contribution < -0.4 is 20.1 Å². The van der Waals surface area contributed by atoms with E-state index >= 15 is 0 Å². The van der Waals surface area contributed by atoms with Crippen LogP contribution in [0.1, 0.15) is 57.9 Å². The fourth-order valence-corrected chi connectivity index (χ4v) is 5.13. The maximum atomic E-state index is 13.4. The van der Waals surface area contributed by atoms with Crippen molar-refractivity contribution in [3.8, 4) is 11.5 Å². The summed E-state index contributed by atoms with van der Waals surface area (Å²) in [5.74, 6) is 1.15. The zero-order valence-electron chi connectivity index (χ0n) is 21.5. The number of nitrogens with one attached hydrogen (secondary N) is 2. The second-order valence-electron chi connectivity index (χ2n) is 10.3. The molecular weight excluding hydrogens is 462 g/mol. The summed E-state index contributed by atoms with van der Waals surface area (Å²) >= 11 is 0. The fraction of sp³-hybridized carbons (Fsp3) is 0.667. The van der Waals surface area contributed by atoms with Crippen molar-refractivity contribution in [3.63, 3.8) is 0 Å². The van der Waals surface area contributed by atoms with E-state index in [9.17, 15) is 14.4 Å². The monoisotopic (exact) mass is 501 g/mol. The molecule has 3 aliphatic rings. The molecule has 0 unspecified atom stereocenters. The quantitative estimate of drug-likeness (QED) is 0.644. The Morgan fingerprint density at radius 1 is 0.972 bits per heavy atom. The van der Waals surface area contributed by atoms with Crippen LogP contribution in [0.25, 0.3) is 0 Å². The van der Waals surface area contributed by atoms with Crippen LogP contribution in [0.3, 0.4) is 0 Å². The Hall–Kier alpha value is -2.81. The van der Waals surface area contributed by atoms with Crippen LogP contribution in [-0.4, -0.2) is 74.2 Å². The Morgan fingerprint density at radius 2 is 1.72 bits per heavy atom. The van der Waals surface area contributed by atoms with E-state index in [-0.39, 0.29) is 30.2 Å². The average Bonchev–Trinajstić information content (AvgIpc) is 3.10. The van der Waals surface area contributed by atoms with E-state index in [4.69, 9.17) is 14.2 Å². The van der Waals surface area contributed by atoms with Gasteiger partial charge in [0.2, 0.25) is 17.7 Å². The molecule has 1 aromatic rings. The molecule has 1 spiro atoms. The molecule has 2 fully saturated rings. The number of amides is 3. The number of fused-ring (bicyclic) bond motifs is 1. The number of hydrogen-bond donors (Lipinski definition) is 2. The molecule has 0 saturated carbocycles. The zero-order valence-corrected chi connectivity index (χ0v) is 21.5. The van der Waals surface area contributed by atoms with Crippen molar-refractivity contribution in [2.75, 3.05) is 39.5 Å². The lowest BCUT2D eigenvalue weighted by molar-refractivity contribution is -0.142. The summed E-state index contributed by atoms with van der Waals surface area (Å²) in [6.45, 7) is 6.94. The average molecular weight is 502 g/mol. The molecule has 2 N–H and O–H groups in total. The van der Waals surface area contributed by atoms with E-state index in [1.54, 1.807) is 6.92 Å². The molecule has 3 aliphatic heterocycles. The Kier molecular flexibility index (Phi) is 8.72. The van der Waals surface area contributed by atoms with Gasteiger partial charge in [-0.05, 0) is 57.2 Å². The van der Waals surface area contributed by atoms with Gasteiger partial charge in [-0.3, -0.25) is 14.4 Å². The first-order valence-corrected chi connectivity index (χ1v) is 13.2. The Morgan fingerprint density at radius 3 is 2.50 bits per heavy atom. The molecule has 0 radical (unpaired) electrons. The molecule has 3 amide bonds. The van der Waals surface area contributed by atoms with Gasteiger partial charge in [-0.1, -0.05) is 12.5 Å². The van der Waals surface area contributed by atoms with Crippen LogP contribution in [-0.2, 0) is 25.5 Å². The third kappa shape index (κ3) is 6.49. The van der Waals surface area contributed by atoms with Crippen molar-refractivity contribution in [1.29, 1.82) is 0 Å². The third-order valence-corrected chi connectivity index (χ3v) is 7.41. The van der Waals surface area contributed by atoms with E-state index in [1.807, 2.05) is 30.0 Å². The van der Waals surface area contributed by atoms with Crippen molar-refractivity contribution >= 4 is 17.7 Å². The number of ether oxygens (including phenoxy) is 3. The molecule has 2 atom stereocenters. The van der Waals surface area contributed by atoms with E-state index < -0.39 is 11.5 Å². The van der Waals surface area contributed by atoms with Gasteiger partial charge in [-0.2, -0.15) is 0 Å². The number of carbonyl (C=O) groups excluding carboxylic acids is 3. The molecule has 198 valence electrons. The van der Waals surface area contributed by atoms with Crippen LogP contribution in [0.15, 0.2) is 18.2 Å². The van der Waals surface area contributed by atoms with Crippen LogP contribution in [0.5, 0.6) is 11.5 Å². The highest BCUT2D eigenvalue weighted by atomic mass is 16.5. The number of hydrogen-bond acceptors (Lipinski definition) is 6. The van der Waals surface area contributed by atoms with Gasteiger partial charge in [0.25, 0.3) is 0 Å². The van der Waals surface area contributed by atoms with Gasteiger partial charge >= 0.3 is 0 Å². The number of benzene rings is 1. The Bertz CT molecular complexity index is 943. The van der Waals surface area contributed by atoms with Crippen molar-refractivity contribution in [1.82, 2.24) is 15.5 Å². The minimum Gasteiger partial charge on any atom is -0.490 e. The molecule has 4 rings (SSSR count). The van der Waals surface area contributed by atoms with Crippen LogP contribution in [0.4, 0.5) is 0 Å². The summed E-state index contributed by atoms with van der Waals surface area (Å²) in [6, 6.07) is 4.93. The van der Waals surface area contributed by atoms with E-state index in [0.29, 0.717) is 58.1 Å². The van der Waals surface area contributed by atoms with E-state index in [0.717, 1.165) is 37.0 Å². The molecular formula is C27H39N3O6. The van der Waals surface area contributed by atoms with Crippen molar-refractivity contribution in [3.05, 3.63) is 23.8 Å². The van der Waals surface area contributed by atoms with Gasteiger partial charge in [-0.25, -0.2) is 0 Å². The summed E-state index contributed by atoms with van der Waals surface area (Å²) < 4.78 is 17.1. The largest absolute Gasteiger partial charge is 0.490 e. The maximum Gasteiger partial charge on any atom is 0.242 e. The maximum absolute atomic E-state index is 13.4. The number of rotatable bonds is 2. The lowest BCUT2D eigenvalue weighted by atomic mass is 9.73. The van der Waals surface area contributed by atoms with Gasteiger partial charge in [-0.15, -0.1) is 0 Å². The Balaban J connectivity index is 1.38. The molecule has 3 heterocycles. The number of likely N-dealkylation sites (tertiary alicyclic amines) is 1. The topological polar surface area (TPSA) is 106 Å². The molecule has 0 bridgehead atoms. The third-order valence-electron chi connectivity index (χ3n) is 7.41. The first-order chi connectivity index (χ1) is 17.4. The first-order valence-electron chi connectivity index (χ1n) is 13.2. The minimum absolute atomic E-state index is 0.0412. The molecule has 36 heavy (non-hydrogen) atoms. The second kappa shape index (κ2) is 12.0. The van der Waals surface area contributed by atoms with E-state index in [1.165, 1.54) is 0 Å².